The molecule has 1 amide bonds. The Hall–Kier alpha value is -1.23. The van der Waals surface area contributed by atoms with Crippen molar-refractivity contribution in [1.82, 2.24) is 20.1 Å². The molecule has 0 aromatic carbocycles. The number of rotatable bonds is 8. The van der Waals surface area contributed by atoms with E-state index in [2.05, 4.69) is 20.1 Å². The highest BCUT2D eigenvalue weighted by Gasteiger charge is 2.45. The lowest BCUT2D eigenvalue weighted by molar-refractivity contribution is -0.109. The molecule has 5 fully saturated rings. The van der Waals surface area contributed by atoms with Crippen LogP contribution in [0.3, 0.4) is 0 Å². The smallest absolute Gasteiger partial charge is 0.273 e. The normalized spacial score (nSPS) is 35.4. The van der Waals surface area contributed by atoms with Gasteiger partial charge >= 0.3 is 0 Å². The lowest BCUT2D eigenvalue weighted by atomic mass is 9.81. The number of aromatic nitrogens is 1. The van der Waals surface area contributed by atoms with Crippen molar-refractivity contribution >= 4 is 17.9 Å². The fraction of sp³-hybridized carbons (Fsp3) is 0.840. The highest BCUT2D eigenvalue weighted by Crippen LogP contribution is 2.45. The van der Waals surface area contributed by atoms with Gasteiger partial charge in [-0.05, 0) is 63.8 Å². The Morgan fingerprint density at radius 2 is 1.80 bits per heavy atom. The van der Waals surface area contributed by atoms with Crippen LogP contribution in [0.1, 0.15) is 86.4 Å². The molecule has 2 atom stereocenters. The largest absolute Gasteiger partial charge is 0.380 e. The zero-order valence-corrected chi connectivity index (χ0v) is 20.9. The van der Waals surface area contributed by atoms with Crippen molar-refractivity contribution in [1.29, 1.82) is 0 Å². The van der Waals surface area contributed by atoms with Crippen LogP contribution in [0.25, 0.3) is 0 Å². The van der Waals surface area contributed by atoms with Gasteiger partial charge in [0.05, 0.1) is 19.1 Å². The van der Waals surface area contributed by atoms with Gasteiger partial charge in [-0.15, -0.1) is 0 Å². The lowest BCUT2D eigenvalue weighted by Crippen LogP contribution is -2.48. The number of halogens is 2. The van der Waals surface area contributed by atoms with E-state index in [1.807, 2.05) is 11.9 Å². The number of fused-ring (bicyclic) bond motifs is 2. The monoisotopic (exact) mass is 510 g/mol. The summed E-state index contributed by atoms with van der Waals surface area (Å²) >= 11 is 2.05. The van der Waals surface area contributed by atoms with Gasteiger partial charge in [0.15, 0.2) is 5.69 Å². The molecule has 2 N–H and O–H groups in total. The first kappa shape index (κ1) is 24.1. The molecule has 194 valence electrons. The van der Waals surface area contributed by atoms with E-state index in [0.29, 0.717) is 42.3 Å². The third kappa shape index (κ3) is 5.40. The SMILES string of the molecule is O=C(NC1CC2CCC(C1)N2SC1CCC(NCC2CC(F)(F)C2)CC1)c1cc(C2COC2)on1. The number of alkyl halides is 2. The average Bonchev–Trinajstić information content (AvgIpc) is 3.33. The van der Waals surface area contributed by atoms with Gasteiger partial charge in [-0.2, -0.15) is 0 Å². The Morgan fingerprint density at radius 1 is 1.09 bits per heavy atom. The molecule has 10 heteroatoms. The summed E-state index contributed by atoms with van der Waals surface area (Å²) in [4.78, 5) is 12.7. The molecule has 2 bridgehead atoms. The molecule has 35 heavy (non-hydrogen) atoms. The summed E-state index contributed by atoms with van der Waals surface area (Å²) < 4.78 is 39.3. The second-order valence-corrected chi connectivity index (χ2v) is 12.7. The molecule has 2 unspecified atom stereocenters. The van der Waals surface area contributed by atoms with Gasteiger partial charge in [0.25, 0.3) is 5.91 Å². The predicted molar refractivity (Wildman–Crippen MR) is 129 cm³/mol. The van der Waals surface area contributed by atoms with Crippen molar-refractivity contribution in [2.45, 2.75) is 105 Å². The average molecular weight is 511 g/mol. The molecule has 4 heterocycles. The van der Waals surface area contributed by atoms with Crippen LogP contribution < -0.4 is 10.6 Å². The third-order valence-corrected chi connectivity index (χ3v) is 10.2. The van der Waals surface area contributed by atoms with E-state index in [1.165, 1.54) is 25.7 Å². The van der Waals surface area contributed by atoms with Gasteiger partial charge in [0.1, 0.15) is 5.76 Å². The van der Waals surface area contributed by atoms with Crippen LogP contribution in [-0.4, -0.2) is 70.5 Å². The molecular weight excluding hydrogens is 474 g/mol. The molecule has 3 saturated heterocycles. The minimum absolute atomic E-state index is 0.0555. The molecule has 0 radical (unpaired) electrons. The molecule has 3 aliphatic heterocycles. The van der Waals surface area contributed by atoms with Crippen molar-refractivity contribution in [3.05, 3.63) is 17.5 Å². The number of nitrogens with one attached hydrogen (secondary N) is 2. The van der Waals surface area contributed by atoms with Crippen LogP contribution >= 0.6 is 11.9 Å². The van der Waals surface area contributed by atoms with E-state index < -0.39 is 5.92 Å². The van der Waals surface area contributed by atoms with Gasteiger partial charge in [0, 0.05) is 48.3 Å². The number of hydrogen-bond donors (Lipinski definition) is 2. The summed E-state index contributed by atoms with van der Waals surface area (Å²) in [5.74, 6) is -1.44. The summed E-state index contributed by atoms with van der Waals surface area (Å²) in [5, 5.41) is 11.4. The Balaban J connectivity index is 0.929. The number of amides is 1. The zero-order valence-electron chi connectivity index (χ0n) is 20.1. The van der Waals surface area contributed by atoms with Gasteiger partial charge in [-0.1, -0.05) is 17.1 Å². The van der Waals surface area contributed by atoms with Crippen molar-refractivity contribution in [2.75, 3.05) is 19.8 Å². The van der Waals surface area contributed by atoms with E-state index in [9.17, 15) is 13.6 Å². The maximum atomic E-state index is 13.0. The molecular formula is C25H36F2N4O3S. The zero-order chi connectivity index (χ0) is 24.0. The second kappa shape index (κ2) is 9.91. The van der Waals surface area contributed by atoms with Crippen molar-refractivity contribution < 1.29 is 22.8 Å². The quantitative estimate of drug-likeness (QED) is 0.510. The molecule has 7 nitrogen and oxygen atoms in total. The lowest BCUT2D eigenvalue weighted by Gasteiger charge is -2.41. The Bertz CT molecular complexity index is 883. The maximum Gasteiger partial charge on any atom is 0.273 e. The number of ether oxygens (including phenoxy) is 1. The first-order valence-electron chi connectivity index (χ1n) is 13.3. The Kier molecular flexibility index (Phi) is 6.83. The van der Waals surface area contributed by atoms with Gasteiger partial charge in [-0.3, -0.25) is 4.79 Å². The summed E-state index contributed by atoms with van der Waals surface area (Å²) in [6.07, 6.45) is 9.11. The van der Waals surface area contributed by atoms with Crippen LogP contribution in [0, 0.1) is 5.92 Å². The Labute approximate surface area is 209 Å². The second-order valence-electron chi connectivity index (χ2n) is 11.4. The highest BCUT2D eigenvalue weighted by molar-refractivity contribution is 7.97. The maximum absolute atomic E-state index is 13.0. The van der Waals surface area contributed by atoms with Gasteiger partial charge in [0.2, 0.25) is 5.92 Å². The molecule has 2 aliphatic carbocycles. The highest BCUT2D eigenvalue weighted by atomic mass is 32.2. The topological polar surface area (TPSA) is 79.6 Å². The van der Waals surface area contributed by atoms with Crippen LogP contribution in [0.2, 0.25) is 0 Å². The van der Waals surface area contributed by atoms with Crippen LogP contribution in [0.5, 0.6) is 0 Å². The van der Waals surface area contributed by atoms with Crippen molar-refractivity contribution in [3.63, 3.8) is 0 Å². The fourth-order valence-corrected chi connectivity index (χ4v) is 8.03. The van der Waals surface area contributed by atoms with Crippen LogP contribution in [0.15, 0.2) is 10.6 Å². The molecule has 1 aromatic heterocycles. The minimum atomic E-state index is -2.42. The first-order chi connectivity index (χ1) is 16.9. The summed E-state index contributed by atoms with van der Waals surface area (Å²) in [6, 6.07) is 3.45. The predicted octanol–water partition coefficient (Wildman–Crippen LogP) is 4.11. The summed E-state index contributed by atoms with van der Waals surface area (Å²) in [5.41, 5.74) is 0.368. The third-order valence-electron chi connectivity index (χ3n) is 8.62. The van der Waals surface area contributed by atoms with Crippen LogP contribution in [0.4, 0.5) is 8.78 Å². The number of hydrogen-bond acceptors (Lipinski definition) is 7. The minimum Gasteiger partial charge on any atom is -0.380 e. The first-order valence-corrected chi connectivity index (χ1v) is 14.2. The van der Waals surface area contributed by atoms with Gasteiger partial charge in [-0.25, -0.2) is 13.1 Å². The number of piperidine rings is 1. The number of carbonyl (C=O) groups is 1. The molecule has 6 rings (SSSR count). The van der Waals surface area contributed by atoms with E-state index in [4.69, 9.17) is 9.26 Å². The van der Waals surface area contributed by atoms with E-state index >= 15 is 0 Å². The van der Waals surface area contributed by atoms with E-state index in [-0.39, 0.29) is 36.6 Å². The molecule has 5 aliphatic rings. The van der Waals surface area contributed by atoms with Crippen molar-refractivity contribution in [2.24, 2.45) is 5.92 Å². The number of carbonyl (C=O) groups excluding carboxylic acids is 1. The van der Waals surface area contributed by atoms with Gasteiger partial charge < -0.3 is 19.9 Å². The number of nitrogens with zero attached hydrogens (tertiary/aromatic N) is 2. The fourth-order valence-electron chi connectivity index (χ4n) is 6.48. The Morgan fingerprint density at radius 3 is 2.43 bits per heavy atom. The van der Waals surface area contributed by atoms with Crippen molar-refractivity contribution in [3.8, 4) is 0 Å². The summed E-state index contributed by atoms with van der Waals surface area (Å²) in [7, 11) is 0. The van der Waals surface area contributed by atoms with E-state index in [1.54, 1.807) is 6.07 Å². The van der Waals surface area contributed by atoms with E-state index in [0.717, 1.165) is 38.0 Å². The molecule has 0 spiro atoms. The molecule has 2 saturated carbocycles. The molecule has 1 aromatic rings. The van der Waals surface area contributed by atoms with Crippen LogP contribution in [-0.2, 0) is 4.74 Å². The standard InChI is InChI=1S/C25H36F2N4O3S/c26-25(27)10-15(11-25)12-28-17-1-5-21(6-2-17)35-31-19-3-4-20(31)8-18(7-19)29-24(32)22-9-23(34-30-22)16-13-33-14-16/h9,15-21,28H,1-8,10-14H2,(H,29,32). The summed E-state index contributed by atoms with van der Waals surface area (Å²) in [6.45, 7) is 2.01.